The molecule has 0 spiro atoms. The van der Waals surface area contributed by atoms with Crippen molar-refractivity contribution < 1.29 is 8.42 Å². The molecule has 0 radical (unpaired) electrons. The lowest BCUT2D eigenvalue weighted by Gasteiger charge is -2.04. The van der Waals surface area contributed by atoms with Gasteiger partial charge in [0.25, 0.3) is 0 Å². The lowest BCUT2D eigenvalue weighted by atomic mass is 10.2. The SMILES string of the molecule is CS(=O)(=O)c1ccc(CNCc2cc(C#N)cs2)cc1. The topological polar surface area (TPSA) is 70.0 Å². The molecule has 0 aliphatic heterocycles. The van der Waals surface area contributed by atoms with Crippen molar-refractivity contribution in [2.75, 3.05) is 6.26 Å². The maximum atomic E-state index is 11.3. The average Bonchev–Trinajstić information content (AvgIpc) is 2.86. The number of hydrogen-bond acceptors (Lipinski definition) is 5. The molecular weight excluding hydrogens is 292 g/mol. The Morgan fingerprint density at radius 3 is 2.50 bits per heavy atom. The van der Waals surface area contributed by atoms with Crippen molar-refractivity contribution in [1.82, 2.24) is 5.32 Å². The molecule has 0 atom stereocenters. The monoisotopic (exact) mass is 306 g/mol. The van der Waals surface area contributed by atoms with Crippen LogP contribution in [0.4, 0.5) is 0 Å². The summed E-state index contributed by atoms with van der Waals surface area (Å²) in [7, 11) is -3.13. The highest BCUT2D eigenvalue weighted by Gasteiger charge is 2.06. The fourth-order valence-electron chi connectivity index (χ4n) is 1.72. The second-order valence-corrected chi connectivity index (χ2v) is 7.44. The number of hydrogen-bond donors (Lipinski definition) is 1. The minimum absolute atomic E-state index is 0.332. The summed E-state index contributed by atoms with van der Waals surface area (Å²) in [4.78, 5) is 1.44. The number of thiophene rings is 1. The van der Waals surface area contributed by atoms with E-state index in [0.29, 0.717) is 23.5 Å². The van der Waals surface area contributed by atoms with Crippen molar-refractivity contribution >= 4 is 21.2 Å². The molecule has 0 amide bonds. The second-order valence-electron chi connectivity index (χ2n) is 4.43. The summed E-state index contributed by atoms with van der Waals surface area (Å²) in [6.07, 6.45) is 1.20. The Morgan fingerprint density at radius 1 is 1.25 bits per heavy atom. The van der Waals surface area contributed by atoms with E-state index in [4.69, 9.17) is 5.26 Å². The summed E-state index contributed by atoms with van der Waals surface area (Å²) < 4.78 is 22.7. The first-order chi connectivity index (χ1) is 9.49. The van der Waals surface area contributed by atoms with Gasteiger partial charge in [0.15, 0.2) is 9.84 Å². The third-order valence-corrected chi connectivity index (χ3v) is 4.83. The number of benzene rings is 1. The Hall–Kier alpha value is -1.68. The van der Waals surface area contributed by atoms with E-state index in [1.54, 1.807) is 35.6 Å². The van der Waals surface area contributed by atoms with E-state index in [0.717, 1.165) is 10.4 Å². The highest BCUT2D eigenvalue weighted by Crippen LogP contribution is 2.14. The molecule has 0 bridgehead atoms. The third-order valence-electron chi connectivity index (χ3n) is 2.76. The van der Waals surface area contributed by atoms with Gasteiger partial charge >= 0.3 is 0 Å². The molecule has 0 aliphatic rings. The molecule has 2 aromatic rings. The number of nitrogens with zero attached hydrogens (tertiary/aromatic N) is 1. The highest BCUT2D eigenvalue weighted by molar-refractivity contribution is 7.90. The maximum Gasteiger partial charge on any atom is 0.175 e. The lowest BCUT2D eigenvalue weighted by molar-refractivity contribution is 0.602. The molecule has 4 nitrogen and oxygen atoms in total. The van der Waals surface area contributed by atoms with Crippen LogP contribution in [0, 0.1) is 11.3 Å². The molecule has 0 aliphatic carbocycles. The van der Waals surface area contributed by atoms with Crippen LogP contribution in [0.2, 0.25) is 0 Å². The van der Waals surface area contributed by atoms with Crippen LogP contribution < -0.4 is 5.32 Å². The number of nitrogens with one attached hydrogen (secondary N) is 1. The Bertz CT molecular complexity index is 725. The average molecular weight is 306 g/mol. The fraction of sp³-hybridized carbons (Fsp3) is 0.214. The summed E-state index contributed by atoms with van der Waals surface area (Å²) in [6, 6.07) is 10.8. The molecule has 0 unspecified atom stereocenters. The standard InChI is InChI=1S/C14H14N2O2S2/c1-20(17,18)14-4-2-11(3-5-14)8-16-9-13-6-12(7-15)10-19-13/h2-6,10,16H,8-9H2,1H3. The number of sulfone groups is 1. The van der Waals surface area contributed by atoms with Crippen LogP contribution in [0.5, 0.6) is 0 Å². The van der Waals surface area contributed by atoms with Crippen LogP contribution in [0.25, 0.3) is 0 Å². The minimum atomic E-state index is -3.13. The Balaban J connectivity index is 1.90. The van der Waals surface area contributed by atoms with Crippen LogP contribution in [-0.2, 0) is 22.9 Å². The number of nitriles is 1. The van der Waals surface area contributed by atoms with Gasteiger partial charge in [0.2, 0.25) is 0 Å². The Kier molecular flexibility index (Phi) is 4.55. The van der Waals surface area contributed by atoms with Gasteiger partial charge in [0, 0.05) is 29.6 Å². The van der Waals surface area contributed by atoms with E-state index in [1.165, 1.54) is 6.26 Å². The number of rotatable bonds is 5. The third kappa shape index (κ3) is 3.90. The van der Waals surface area contributed by atoms with Crippen LogP contribution in [0.1, 0.15) is 16.0 Å². The van der Waals surface area contributed by atoms with E-state index >= 15 is 0 Å². The van der Waals surface area contributed by atoms with Crippen molar-refractivity contribution in [3.05, 3.63) is 51.7 Å². The van der Waals surface area contributed by atoms with Crippen LogP contribution in [0.3, 0.4) is 0 Å². The minimum Gasteiger partial charge on any atom is -0.308 e. The first kappa shape index (κ1) is 14.7. The van der Waals surface area contributed by atoms with Crippen molar-refractivity contribution in [2.45, 2.75) is 18.0 Å². The molecular formula is C14H14N2O2S2. The van der Waals surface area contributed by atoms with Crippen molar-refractivity contribution in [3.8, 4) is 6.07 Å². The van der Waals surface area contributed by atoms with E-state index in [-0.39, 0.29) is 0 Å². The van der Waals surface area contributed by atoms with Gasteiger partial charge in [-0.3, -0.25) is 0 Å². The van der Waals surface area contributed by atoms with Crippen molar-refractivity contribution in [1.29, 1.82) is 5.26 Å². The van der Waals surface area contributed by atoms with Gasteiger partial charge < -0.3 is 5.32 Å². The van der Waals surface area contributed by atoms with Gasteiger partial charge in [-0.2, -0.15) is 5.26 Å². The summed E-state index contributed by atoms with van der Waals surface area (Å²) in [5.74, 6) is 0. The van der Waals surface area contributed by atoms with Crippen LogP contribution in [-0.4, -0.2) is 14.7 Å². The molecule has 1 aromatic heterocycles. The van der Waals surface area contributed by atoms with Gasteiger partial charge in [-0.25, -0.2) is 8.42 Å². The van der Waals surface area contributed by atoms with Crippen LogP contribution >= 0.6 is 11.3 Å². The quantitative estimate of drug-likeness (QED) is 0.920. The van der Waals surface area contributed by atoms with Crippen LogP contribution in [0.15, 0.2) is 40.6 Å². The summed E-state index contributed by atoms with van der Waals surface area (Å²) in [5, 5.41) is 13.8. The first-order valence-corrected chi connectivity index (χ1v) is 8.73. The predicted molar refractivity (Wildman–Crippen MR) is 79.1 cm³/mol. The van der Waals surface area contributed by atoms with E-state index in [2.05, 4.69) is 11.4 Å². The van der Waals surface area contributed by atoms with Gasteiger partial charge in [-0.15, -0.1) is 11.3 Å². The summed E-state index contributed by atoms with van der Waals surface area (Å²) in [6.45, 7) is 1.35. The zero-order chi connectivity index (χ0) is 14.6. The molecule has 0 fully saturated rings. The highest BCUT2D eigenvalue weighted by atomic mass is 32.2. The molecule has 20 heavy (non-hydrogen) atoms. The zero-order valence-corrected chi connectivity index (χ0v) is 12.6. The molecule has 0 saturated heterocycles. The van der Waals surface area contributed by atoms with Gasteiger partial charge in [0.05, 0.1) is 10.5 Å². The summed E-state index contributed by atoms with van der Waals surface area (Å²) >= 11 is 1.55. The molecule has 104 valence electrons. The van der Waals surface area contributed by atoms with Gasteiger partial charge in [0.1, 0.15) is 6.07 Å². The molecule has 6 heteroatoms. The first-order valence-electron chi connectivity index (χ1n) is 5.96. The van der Waals surface area contributed by atoms with Gasteiger partial charge in [-0.1, -0.05) is 12.1 Å². The molecule has 2 rings (SSSR count). The zero-order valence-electron chi connectivity index (χ0n) is 11.0. The largest absolute Gasteiger partial charge is 0.308 e. The van der Waals surface area contributed by atoms with E-state index in [9.17, 15) is 8.42 Å². The molecule has 1 N–H and O–H groups in total. The Labute approximate surface area is 122 Å². The maximum absolute atomic E-state index is 11.3. The van der Waals surface area contributed by atoms with E-state index < -0.39 is 9.84 Å². The normalized spacial score (nSPS) is 11.2. The molecule has 0 saturated carbocycles. The van der Waals surface area contributed by atoms with Crippen molar-refractivity contribution in [2.24, 2.45) is 0 Å². The second kappa shape index (κ2) is 6.18. The lowest BCUT2D eigenvalue weighted by Crippen LogP contribution is -2.11. The molecule has 1 heterocycles. The summed E-state index contributed by atoms with van der Waals surface area (Å²) in [5.41, 5.74) is 1.71. The van der Waals surface area contributed by atoms with Crippen molar-refractivity contribution in [3.63, 3.8) is 0 Å². The van der Waals surface area contributed by atoms with E-state index in [1.807, 2.05) is 11.4 Å². The smallest absolute Gasteiger partial charge is 0.175 e. The fourth-order valence-corrected chi connectivity index (χ4v) is 3.13. The molecule has 1 aromatic carbocycles. The predicted octanol–water partition coefficient (Wildman–Crippen LogP) is 2.31. The van der Waals surface area contributed by atoms with Gasteiger partial charge in [-0.05, 0) is 23.8 Å². The Morgan fingerprint density at radius 2 is 1.95 bits per heavy atom.